The lowest BCUT2D eigenvalue weighted by Gasteiger charge is -2.14. The summed E-state index contributed by atoms with van der Waals surface area (Å²) in [6.07, 6.45) is -0.281. The van der Waals surface area contributed by atoms with Crippen molar-refractivity contribution < 1.29 is 23.8 Å². The van der Waals surface area contributed by atoms with E-state index < -0.39 is 17.3 Å². The summed E-state index contributed by atoms with van der Waals surface area (Å²) in [5.74, 6) is -1.07. The topological polar surface area (TPSA) is 86.0 Å². The van der Waals surface area contributed by atoms with Gasteiger partial charge in [-0.15, -0.1) is 0 Å². The fourth-order valence-electron chi connectivity index (χ4n) is 1.77. The molecule has 1 heterocycles. The van der Waals surface area contributed by atoms with Crippen LogP contribution in [-0.2, 0) is 4.79 Å². The molecule has 0 radical (unpaired) electrons. The first-order chi connectivity index (χ1) is 9.40. The van der Waals surface area contributed by atoms with Gasteiger partial charge in [0.1, 0.15) is 16.7 Å². The van der Waals surface area contributed by atoms with Gasteiger partial charge >= 0.3 is 11.6 Å². The summed E-state index contributed by atoms with van der Waals surface area (Å²) in [5, 5.41) is 10.1. The van der Waals surface area contributed by atoms with Crippen molar-refractivity contribution in [3.63, 3.8) is 0 Å². The number of ether oxygens (including phenoxy) is 2. The summed E-state index contributed by atoms with van der Waals surface area (Å²) < 4.78 is 15.5. The molecule has 6 heteroatoms. The number of carbonyl (C=O) groups excluding carboxylic acids is 1. The van der Waals surface area contributed by atoms with E-state index in [9.17, 15) is 14.7 Å². The molecule has 0 unspecified atom stereocenters. The third-order valence-corrected chi connectivity index (χ3v) is 2.43. The SMILES string of the molecule is CC(=O)Oc1cccc2oc(=O)c(O)c(OC(C)C)c12. The molecule has 6 nitrogen and oxygen atoms in total. The van der Waals surface area contributed by atoms with Gasteiger partial charge in [0, 0.05) is 6.92 Å². The predicted molar refractivity (Wildman–Crippen MR) is 71.2 cm³/mol. The molecule has 0 saturated heterocycles. The molecule has 0 aliphatic heterocycles. The highest BCUT2D eigenvalue weighted by atomic mass is 16.5. The van der Waals surface area contributed by atoms with Crippen LogP contribution in [0, 0.1) is 0 Å². The summed E-state index contributed by atoms with van der Waals surface area (Å²) in [6, 6.07) is 4.62. The smallest absolute Gasteiger partial charge is 0.382 e. The minimum atomic E-state index is -0.909. The molecule has 2 rings (SSSR count). The average molecular weight is 278 g/mol. The van der Waals surface area contributed by atoms with Gasteiger partial charge in [-0.1, -0.05) is 6.07 Å². The molecule has 1 aromatic heterocycles. The molecule has 0 aliphatic rings. The Hall–Kier alpha value is -2.50. The lowest BCUT2D eigenvalue weighted by atomic mass is 10.2. The fraction of sp³-hybridized carbons (Fsp3) is 0.286. The van der Waals surface area contributed by atoms with Crippen molar-refractivity contribution >= 4 is 16.9 Å². The summed E-state index contributed by atoms with van der Waals surface area (Å²) in [6.45, 7) is 4.74. The first-order valence-corrected chi connectivity index (χ1v) is 6.04. The van der Waals surface area contributed by atoms with Crippen LogP contribution < -0.4 is 15.1 Å². The fourth-order valence-corrected chi connectivity index (χ4v) is 1.77. The number of carbonyl (C=O) groups is 1. The van der Waals surface area contributed by atoms with Gasteiger partial charge in [0.25, 0.3) is 0 Å². The van der Waals surface area contributed by atoms with E-state index in [4.69, 9.17) is 13.9 Å². The number of esters is 1. The van der Waals surface area contributed by atoms with Crippen molar-refractivity contribution in [1.82, 2.24) is 0 Å². The number of fused-ring (bicyclic) bond motifs is 1. The van der Waals surface area contributed by atoms with E-state index in [-0.39, 0.29) is 28.6 Å². The minimum Gasteiger partial charge on any atom is -0.499 e. The van der Waals surface area contributed by atoms with Crippen molar-refractivity contribution in [2.45, 2.75) is 26.9 Å². The zero-order chi connectivity index (χ0) is 14.9. The van der Waals surface area contributed by atoms with Gasteiger partial charge in [0.15, 0.2) is 5.75 Å². The van der Waals surface area contributed by atoms with Gasteiger partial charge in [0.2, 0.25) is 5.75 Å². The van der Waals surface area contributed by atoms with E-state index in [1.807, 2.05) is 0 Å². The highest BCUT2D eigenvalue weighted by Gasteiger charge is 2.20. The maximum Gasteiger partial charge on any atom is 0.382 e. The first-order valence-electron chi connectivity index (χ1n) is 6.04. The van der Waals surface area contributed by atoms with Crippen molar-refractivity contribution in [2.75, 3.05) is 0 Å². The van der Waals surface area contributed by atoms with Crippen LogP contribution >= 0.6 is 0 Å². The number of aromatic hydroxyl groups is 1. The van der Waals surface area contributed by atoms with E-state index in [1.165, 1.54) is 19.1 Å². The van der Waals surface area contributed by atoms with Crippen molar-refractivity contribution in [3.05, 3.63) is 28.6 Å². The Morgan fingerprint density at radius 1 is 1.35 bits per heavy atom. The molecule has 0 aliphatic carbocycles. The van der Waals surface area contributed by atoms with E-state index in [0.717, 1.165) is 0 Å². The monoisotopic (exact) mass is 278 g/mol. The van der Waals surface area contributed by atoms with Crippen LogP contribution in [0.2, 0.25) is 0 Å². The highest BCUT2D eigenvalue weighted by Crippen LogP contribution is 2.38. The van der Waals surface area contributed by atoms with E-state index in [2.05, 4.69) is 0 Å². The second-order valence-electron chi connectivity index (χ2n) is 4.46. The summed E-state index contributed by atoms with van der Waals surface area (Å²) in [4.78, 5) is 22.7. The Morgan fingerprint density at radius 3 is 2.65 bits per heavy atom. The first kappa shape index (κ1) is 13.9. The molecule has 0 bridgehead atoms. The number of hydrogen-bond donors (Lipinski definition) is 1. The van der Waals surface area contributed by atoms with Crippen LogP contribution in [0.15, 0.2) is 27.4 Å². The van der Waals surface area contributed by atoms with E-state index in [0.29, 0.717) is 0 Å². The maximum absolute atomic E-state index is 11.6. The van der Waals surface area contributed by atoms with Crippen molar-refractivity contribution in [1.29, 1.82) is 0 Å². The maximum atomic E-state index is 11.6. The van der Waals surface area contributed by atoms with Crippen LogP contribution in [0.4, 0.5) is 0 Å². The second-order valence-corrected chi connectivity index (χ2v) is 4.46. The lowest BCUT2D eigenvalue weighted by molar-refractivity contribution is -0.131. The third kappa shape index (κ3) is 2.59. The molecule has 0 atom stereocenters. The van der Waals surface area contributed by atoms with Gasteiger partial charge < -0.3 is 19.0 Å². The molecule has 0 fully saturated rings. The molecule has 2 aromatic rings. The van der Waals surface area contributed by atoms with Crippen LogP contribution in [-0.4, -0.2) is 17.2 Å². The second kappa shape index (κ2) is 5.24. The van der Waals surface area contributed by atoms with Crippen LogP contribution in [0.1, 0.15) is 20.8 Å². The normalized spacial score (nSPS) is 10.8. The molecule has 0 saturated carbocycles. The third-order valence-electron chi connectivity index (χ3n) is 2.43. The lowest BCUT2D eigenvalue weighted by Crippen LogP contribution is -2.11. The number of rotatable bonds is 3. The summed E-state index contributed by atoms with van der Waals surface area (Å²) in [5.41, 5.74) is -0.740. The van der Waals surface area contributed by atoms with Gasteiger partial charge in [0.05, 0.1) is 6.10 Å². The standard InChI is InChI=1S/C14H14O6/c1-7(2)18-13-11-9(19-8(3)15)5-4-6-10(11)20-14(17)12(13)16/h4-7,16H,1-3H3. The zero-order valence-corrected chi connectivity index (χ0v) is 11.3. The Labute approximate surface area is 114 Å². The van der Waals surface area contributed by atoms with Crippen molar-refractivity contribution in [2.24, 2.45) is 0 Å². The molecular weight excluding hydrogens is 264 g/mol. The molecule has 0 spiro atoms. The van der Waals surface area contributed by atoms with E-state index >= 15 is 0 Å². The molecular formula is C14H14O6. The summed E-state index contributed by atoms with van der Waals surface area (Å²) in [7, 11) is 0. The summed E-state index contributed by atoms with van der Waals surface area (Å²) >= 11 is 0. The molecule has 20 heavy (non-hydrogen) atoms. The number of benzene rings is 1. The molecule has 0 amide bonds. The molecule has 1 N–H and O–H groups in total. The van der Waals surface area contributed by atoms with Gasteiger partial charge in [-0.05, 0) is 26.0 Å². The van der Waals surface area contributed by atoms with Crippen molar-refractivity contribution in [3.8, 4) is 17.2 Å². The largest absolute Gasteiger partial charge is 0.499 e. The average Bonchev–Trinajstić information content (AvgIpc) is 2.33. The van der Waals surface area contributed by atoms with Crippen LogP contribution in [0.5, 0.6) is 17.2 Å². The number of hydrogen-bond acceptors (Lipinski definition) is 6. The highest BCUT2D eigenvalue weighted by molar-refractivity contribution is 5.93. The van der Waals surface area contributed by atoms with Gasteiger partial charge in [-0.3, -0.25) is 4.79 Å². The molecule has 1 aromatic carbocycles. The minimum absolute atomic E-state index is 0.0527. The zero-order valence-electron chi connectivity index (χ0n) is 11.3. The Balaban J connectivity index is 2.80. The predicted octanol–water partition coefficient (Wildman–Crippen LogP) is 2.21. The van der Waals surface area contributed by atoms with Crippen LogP contribution in [0.3, 0.4) is 0 Å². The Bertz CT molecular complexity index is 713. The Kier molecular flexibility index (Phi) is 3.65. The van der Waals surface area contributed by atoms with Gasteiger partial charge in [-0.25, -0.2) is 4.79 Å². The Morgan fingerprint density at radius 2 is 2.05 bits per heavy atom. The van der Waals surface area contributed by atoms with Gasteiger partial charge in [-0.2, -0.15) is 0 Å². The molecule has 106 valence electrons. The van der Waals surface area contributed by atoms with Crippen LogP contribution in [0.25, 0.3) is 11.0 Å². The quantitative estimate of drug-likeness (QED) is 0.526. The van der Waals surface area contributed by atoms with E-state index in [1.54, 1.807) is 19.9 Å².